The molecule has 0 aromatic carbocycles. The van der Waals surface area contributed by atoms with Crippen LogP contribution in [0.25, 0.3) is 0 Å². The largest absolute Gasteiger partial charge is 0.0888 e. The molecule has 0 aromatic heterocycles. The first-order valence-corrected chi connectivity index (χ1v) is 4.86. The second-order valence-electron chi connectivity index (χ2n) is 2.94. The Balaban J connectivity index is 2.85. The fourth-order valence-corrected chi connectivity index (χ4v) is 1.08. The molecule has 0 heterocycles. The molecular formula is C11H21. The molecule has 0 fully saturated rings. The molecule has 0 aliphatic rings. The van der Waals surface area contributed by atoms with E-state index in [2.05, 4.69) is 26.0 Å². The Morgan fingerprint density at radius 1 is 1.00 bits per heavy atom. The number of hydrogen-bond acceptors (Lipinski definition) is 0. The second kappa shape index (κ2) is 9.74. The average molecular weight is 153 g/mol. The highest BCUT2D eigenvalue weighted by molar-refractivity contribution is 4.79. The van der Waals surface area contributed by atoms with E-state index in [0.29, 0.717) is 0 Å². The predicted octanol–water partition coefficient (Wildman–Crippen LogP) is 4.13. The van der Waals surface area contributed by atoms with Crippen LogP contribution in [0.4, 0.5) is 0 Å². The smallest absolute Gasteiger partial charge is 0.0351 e. The summed E-state index contributed by atoms with van der Waals surface area (Å²) in [4.78, 5) is 0. The fraction of sp³-hybridized carbons (Fsp3) is 0.727. The van der Waals surface area contributed by atoms with Crippen molar-refractivity contribution in [2.45, 2.75) is 51.9 Å². The van der Waals surface area contributed by atoms with Crippen molar-refractivity contribution in [3.05, 3.63) is 19.1 Å². The first-order valence-electron chi connectivity index (χ1n) is 4.86. The van der Waals surface area contributed by atoms with Gasteiger partial charge in [-0.3, -0.25) is 0 Å². The summed E-state index contributed by atoms with van der Waals surface area (Å²) in [7, 11) is 0. The van der Waals surface area contributed by atoms with Crippen LogP contribution in [0.5, 0.6) is 0 Å². The van der Waals surface area contributed by atoms with Gasteiger partial charge in [-0.25, -0.2) is 0 Å². The zero-order valence-corrected chi connectivity index (χ0v) is 7.81. The summed E-state index contributed by atoms with van der Waals surface area (Å²) in [6, 6.07) is 0. The Bertz CT molecular complexity index is 82.0. The maximum atomic E-state index is 3.82. The van der Waals surface area contributed by atoms with E-state index in [1.54, 1.807) is 0 Å². The van der Waals surface area contributed by atoms with Gasteiger partial charge in [0, 0.05) is 0 Å². The summed E-state index contributed by atoms with van der Waals surface area (Å²) >= 11 is 0. The van der Waals surface area contributed by atoms with Gasteiger partial charge in [-0.1, -0.05) is 51.7 Å². The van der Waals surface area contributed by atoms with E-state index in [1.165, 1.54) is 38.5 Å². The summed E-state index contributed by atoms with van der Waals surface area (Å²) < 4.78 is 0. The van der Waals surface area contributed by atoms with Crippen molar-refractivity contribution in [1.82, 2.24) is 0 Å². The molecule has 0 rings (SSSR count). The molecule has 0 saturated heterocycles. The Morgan fingerprint density at radius 3 is 2.36 bits per heavy atom. The third-order valence-electron chi connectivity index (χ3n) is 1.77. The van der Waals surface area contributed by atoms with Gasteiger partial charge in [-0.15, -0.1) is 0 Å². The number of rotatable bonds is 7. The maximum Gasteiger partial charge on any atom is -0.0351 e. The standard InChI is InChI=1S/C11H21/c1-3-5-7-9-11-10-8-6-4-2/h6,8H,1,3-5,7,9-11H2,2H3/b8-6+. The Labute approximate surface area is 71.7 Å². The van der Waals surface area contributed by atoms with E-state index in [9.17, 15) is 0 Å². The molecule has 0 nitrogen and oxygen atoms in total. The van der Waals surface area contributed by atoms with E-state index >= 15 is 0 Å². The molecule has 0 aliphatic carbocycles. The van der Waals surface area contributed by atoms with Crippen LogP contribution in [-0.4, -0.2) is 0 Å². The molecule has 0 unspecified atom stereocenters. The summed E-state index contributed by atoms with van der Waals surface area (Å²) in [6.07, 6.45) is 13.5. The zero-order chi connectivity index (χ0) is 8.36. The van der Waals surface area contributed by atoms with E-state index < -0.39 is 0 Å². The van der Waals surface area contributed by atoms with Crippen molar-refractivity contribution in [1.29, 1.82) is 0 Å². The van der Waals surface area contributed by atoms with Crippen molar-refractivity contribution >= 4 is 0 Å². The number of unbranched alkanes of at least 4 members (excludes halogenated alkanes) is 5. The quantitative estimate of drug-likeness (QED) is 0.381. The lowest BCUT2D eigenvalue weighted by molar-refractivity contribution is 0.651. The normalized spacial score (nSPS) is 11.1. The second-order valence-corrected chi connectivity index (χ2v) is 2.94. The van der Waals surface area contributed by atoms with Crippen LogP contribution in [0.15, 0.2) is 12.2 Å². The van der Waals surface area contributed by atoms with Gasteiger partial charge in [0.15, 0.2) is 0 Å². The zero-order valence-electron chi connectivity index (χ0n) is 7.81. The van der Waals surface area contributed by atoms with Crippen molar-refractivity contribution < 1.29 is 0 Å². The first kappa shape index (κ1) is 10.7. The SMILES string of the molecule is [CH2]CCCCCC/C=C/CC. The van der Waals surface area contributed by atoms with Gasteiger partial charge in [-0.05, 0) is 19.3 Å². The molecule has 0 N–H and O–H groups in total. The van der Waals surface area contributed by atoms with E-state index in [0.717, 1.165) is 6.42 Å². The van der Waals surface area contributed by atoms with E-state index in [-0.39, 0.29) is 0 Å². The summed E-state index contributed by atoms with van der Waals surface area (Å²) in [5.41, 5.74) is 0. The molecule has 0 amide bonds. The molecule has 65 valence electrons. The lowest BCUT2D eigenvalue weighted by Crippen LogP contribution is -1.75. The van der Waals surface area contributed by atoms with Crippen LogP contribution < -0.4 is 0 Å². The lowest BCUT2D eigenvalue weighted by Gasteiger charge is -1.95. The monoisotopic (exact) mass is 153 g/mol. The van der Waals surface area contributed by atoms with Crippen molar-refractivity contribution in [3.63, 3.8) is 0 Å². The van der Waals surface area contributed by atoms with Crippen LogP contribution in [0.2, 0.25) is 0 Å². The molecule has 0 aliphatic heterocycles. The van der Waals surface area contributed by atoms with Crippen LogP contribution in [0.1, 0.15) is 51.9 Å². The van der Waals surface area contributed by atoms with Crippen LogP contribution in [-0.2, 0) is 0 Å². The van der Waals surface area contributed by atoms with Gasteiger partial charge >= 0.3 is 0 Å². The summed E-state index contributed by atoms with van der Waals surface area (Å²) in [5.74, 6) is 0. The summed E-state index contributed by atoms with van der Waals surface area (Å²) in [6.45, 7) is 6.00. The van der Waals surface area contributed by atoms with Crippen molar-refractivity contribution in [2.24, 2.45) is 0 Å². The minimum atomic E-state index is 1.10. The molecule has 0 atom stereocenters. The third-order valence-corrected chi connectivity index (χ3v) is 1.77. The van der Waals surface area contributed by atoms with Crippen LogP contribution in [0.3, 0.4) is 0 Å². The molecule has 0 bridgehead atoms. The first-order chi connectivity index (χ1) is 5.41. The number of allylic oxidation sites excluding steroid dienone is 2. The Morgan fingerprint density at radius 2 is 1.73 bits per heavy atom. The van der Waals surface area contributed by atoms with Crippen molar-refractivity contribution in [3.8, 4) is 0 Å². The highest BCUT2D eigenvalue weighted by Crippen LogP contribution is 2.05. The summed E-state index contributed by atoms with van der Waals surface area (Å²) in [5, 5.41) is 0. The van der Waals surface area contributed by atoms with Crippen LogP contribution >= 0.6 is 0 Å². The van der Waals surface area contributed by atoms with Gasteiger partial charge in [0.05, 0.1) is 0 Å². The van der Waals surface area contributed by atoms with Gasteiger partial charge in [-0.2, -0.15) is 0 Å². The maximum absolute atomic E-state index is 3.82. The van der Waals surface area contributed by atoms with Crippen molar-refractivity contribution in [2.75, 3.05) is 0 Å². The van der Waals surface area contributed by atoms with Gasteiger partial charge < -0.3 is 0 Å². The van der Waals surface area contributed by atoms with Crippen LogP contribution in [0, 0.1) is 6.92 Å². The minimum absolute atomic E-state index is 1.10. The topological polar surface area (TPSA) is 0 Å². The fourth-order valence-electron chi connectivity index (χ4n) is 1.08. The molecule has 0 heteroatoms. The molecule has 0 spiro atoms. The Kier molecular flexibility index (Phi) is 9.51. The lowest BCUT2D eigenvalue weighted by atomic mass is 10.1. The molecule has 0 aromatic rings. The predicted molar refractivity (Wildman–Crippen MR) is 52.5 cm³/mol. The highest BCUT2D eigenvalue weighted by Gasteiger charge is 1.85. The van der Waals surface area contributed by atoms with Gasteiger partial charge in [0.25, 0.3) is 0 Å². The third kappa shape index (κ3) is 9.74. The number of hydrogen-bond donors (Lipinski definition) is 0. The molecule has 11 heavy (non-hydrogen) atoms. The molecule has 0 saturated carbocycles. The molecule has 1 radical (unpaired) electrons. The van der Waals surface area contributed by atoms with Gasteiger partial charge in [0.2, 0.25) is 0 Å². The Hall–Kier alpha value is -0.260. The average Bonchev–Trinajstić information content (AvgIpc) is 2.03. The minimum Gasteiger partial charge on any atom is -0.0888 e. The highest BCUT2D eigenvalue weighted by atomic mass is 13.9. The van der Waals surface area contributed by atoms with E-state index in [4.69, 9.17) is 0 Å². The van der Waals surface area contributed by atoms with E-state index in [1.807, 2.05) is 0 Å². The van der Waals surface area contributed by atoms with Gasteiger partial charge in [0.1, 0.15) is 0 Å². The molecular weight excluding hydrogens is 132 g/mol.